The molecule has 0 spiro atoms. The molecule has 1 N–H and O–H groups in total. The van der Waals surface area contributed by atoms with Gasteiger partial charge in [-0.15, -0.1) is 0 Å². The van der Waals surface area contributed by atoms with Crippen LogP contribution in [0.25, 0.3) is 0 Å². The fourth-order valence-corrected chi connectivity index (χ4v) is 2.75. The SMILES string of the molecule is Cc1oc(CN(C)C(=O)[C@H]2Oc3ccccc3O[C@@H]2C)cc1C(=O)O. The predicted octanol–water partition coefficient (Wildman–Crippen LogP) is 2.47. The number of carbonyl (C=O) groups is 2. The van der Waals surface area contributed by atoms with Gasteiger partial charge >= 0.3 is 5.97 Å². The Bertz CT molecular complexity index is 812. The molecule has 25 heavy (non-hydrogen) atoms. The van der Waals surface area contributed by atoms with Crippen molar-refractivity contribution < 1.29 is 28.6 Å². The fourth-order valence-electron chi connectivity index (χ4n) is 2.75. The number of hydrogen-bond acceptors (Lipinski definition) is 5. The Morgan fingerprint density at radius 1 is 1.20 bits per heavy atom. The molecule has 132 valence electrons. The number of benzene rings is 1. The Balaban J connectivity index is 1.72. The molecular formula is C18H19NO6. The fraction of sp³-hybridized carbons (Fsp3) is 0.333. The number of hydrogen-bond donors (Lipinski definition) is 1. The number of para-hydroxylation sites is 2. The van der Waals surface area contributed by atoms with Gasteiger partial charge in [0.15, 0.2) is 11.5 Å². The molecule has 0 radical (unpaired) electrons. The Morgan fingerprint density at radius 3 is 2.44 bits per heavy atom. The van der Waals surface area contributed by atoms with Crippen molar-refractivity contribution in [1.29, 1.82) is 0 Å². The Hall–Kier alpha value is -2.96. The summed E-state index contributed by atoms with van der Waals surface area (Å²) in [7, 11) is 1.61. The lowest BCUT2D eigenvalue weighted by Crippen LogP contribution is -2.49. The van der Waals surface area contributed by atoms with Gasteiger partial charge in [-0.05, 0) is 32.0 Å². The quantitative estimate of drug-likeness (QED) is 0.916. The largest absolute Gasteiger partial charge is 0.482 e. The highest BCUT2D eigenvalue weighted by molar-refractivity contribution is 5.89. The molecule has 0 saturated carbocycles. The molecular weight excluding hydrogens is 326 g/mol. The van der Waals surface area contributed by atoms with Crippen molar-refractivity contribution in [2.75, 3.05) is 7.05 Å². The molecule has 7 heteroatoms. The van der Waals surface area contributed by atoms with E-state index in [0.717, 1.165) is 0 Å². The number of aryl methyl sites for hydroxylation is 1. The number of furan rings is 1. The van der Waals surface area contributed by atoms with E-state index in [1.54, 1.807) is 33.0 Å². The predicted molar refractivity (Wildman–Crippen MR) is 87.8 cm³/mol. The summed E-state index contributed by atoms with van der Waals surface area (Å²) in [4.78, 5) is 25.2. The molecule has 1 aliphatic rings. The smallest absolute Gasteiger partial charge is 0.339 e. The molecule has 1 aromatic heterocycles. The lowest BCUT2D eigenvalue weighted by atomic mass is 10.1. The minimum absolute atomic E-state index is 0.0930. The summed E-state index contributed by atoms with van der Waals surface area (Å²) in [6.07, 6.45) is -1.23. The van der Waals surface area contributed by atoms with E-state index < -0.39 is 18.2 Å². The van der Waals surface area contributed by atoms with Crippen LogP contribution in [0.5, 0.6) is 11.5 Å². The number of rotatable bonds is 4. The molecule has 2 heterocycles. The zero-order valence-corrected chi connectivity index (χ0v) is 14.2. The summed E-state index contributed by atoms with van der Waals surface area (Å²) >= 11 is 0. The van der Waals surface area contributed by atoms with Crippen LogP contribution in [0.1, 0.15) is 28.8 Å². The molecule has 0 bridgehead atoms. The molecule has 0 aliphatic carbocycles. The van der Waals surface area contributed by atoms with E-state index in [0.29, 0.717) is 23.0 Å². The van der Waals surface area contributed by atoms with E-state index in [4.69, 9.17) is 19.0 Å². The third-order valence-corrected chi connectivity index (χ3v) is 4.05. The zero-order valence-electron chi connectivity index (χ0n) is 14.2. The van der Waals surface area contributed by atoms with Crippen LogP contribution in [-0.2, 0) is 11.3 Å². The van der Waals surface area contributed by atoms with Crippen molar-refractivity contribution in [1.82, 2.24) is 4.90 Å². The van der Waals surface area contributed by atoms with Crippen LogP contribution < -0.4 is 9.47 Å². The number of amides is 1. The van der Waals surface area contributed by atoms with E-state index in [9.17, 15) is 9.59 Å². The summed E-state index contributed by atoms with van der Waals surface area (Å²) in [5, 5.41) is 9.08. The second-order valence-electron chi connectivity index (χ2n) is 5.99. The Labute approximate surface area is 144 Å². The lowest BCUT2D eigenvalue weighted by molar-refractivity contribution is -0.143. The van der Waals surface area contributed by atoms with Gasteiger partial charge in [0.25, 0.3) is 5.91 Å². The van der Waals surface area contributed by atoms with Crippen molar-refractivity contribution in [3.63, 3.8) is 0 Å². The van der Waals surface area contributed by atoms with Crippen molar-refractivity contribution in [2.45, 2.75) is 32.6 Å². The van der Waals surface area contributed by atoms with Crippen LogP contribution in [0, 0.1) is 6.92 Å². The lowest BCUT2D eigenvalue weighted by Gasteiger charge is -2.33. The first-order valence-corrected chi connectivity index (χ1v) is 7.86. The van der Waals surface area contributed by atoms with E-state index in [-0.39, 0.29) is 18.0 Å². The van der Waals surface area contributed by atoms with Crippen LogP contribution in [-0.4, -0.2) is 41.1 Å². The maximum absolute atomic E-state index is 12.7. The molecule has 0 saturated heterocycles. The van der Waals surface area contributed by atoms with Crippen molar-refractivity contribution >= 4 is 11.9 Å². The topological polar surface area (TPSA) is 89.2 Å². The highest BCUT2D eigenvalue weighted by atomic mass is 16.6. The van der Waals surface area contributed by atoms with E-state index in [2.05, 4.69) is 0 Å². The standard InChI is InChI=1S/C18H19NO6/c1-10-13(18(21)22)8-12(23-10)9-19(3)17(20)16-11(2)24-14-6-4-5-7-15(14)25-16/h4-8,11,16H,9H2,1-3H3,(H,21,22)/t11-,16+/m1/s1. The van der Waals surface area contributed by atoms with E-state index in [1.165, 1.54) is 11.0 Å². The highest BCUT2D eigenvalue weighted by Gasteiger charge is 2.36. The van der Waals surface area contributed by atoms with E-state index >= 15 is 0 Å². The number of fused-ring (bicyclic) bond motifs is 1. The van der Waals surface area contributed by atoms with Crippen LogP contribution >= 0.6 is 0 Å². The maximum atomic E-state index is 12.7. The number of ether oxygens (including phenoxy) is 2. The third kappa shape index (κ3) is 3.31. The molecule has 7 nitrogen and oxygen atoms in total. The van der Waals surface area contributed by atoms with Gasteiger partial charge in [-0.2, -0.15) is 0 Å². The van der Waals surface area contributed by atoms with Crippen molar-refractivity contribution in [2.24, 2.45) is 0 Å². The van der Waals surface area contributed by atoms with Gasteiger partial charge < -0.3 is 23.9 Å². The van der Waals surface area contributed by atoms with E-state index in [1.807, 2.05) is 12.1 Å². The average Bonchev–Trinajstić information content (AvgIpc) is 2.94. The molecule has 2 atom stereocenters. The summed E-state index contributed by atoms with van der Waals surface area (Å²) in [6, 6.07) is 8.61. The molecule has 2 aromatic rings. The number of aromatic carboxylic acids is 1. The normalized spacial score (nSPS) is 18.7. The molecule has 3 rings (SSSR count). The first-order chi connectivity index (χ1) is 11.9. The Morgan fingerprint density at radius 2 is 1.84 bits per heavy atom. The molecule has 1 amide bonds. The Kier molecular flexibility index (Phi) is 4.39. The summed E-state index contributed by atoms with van der Waals surface area (Å²) < 4.78 is 17.0. The van der Waals surface area contributed by atoms with Gasteiger partial charge in [-0.3, -0.25) is 4.79 Å². The number of likely N-dealkylation sites (N-methyl/N-ethyl adjacent to an activating group) is 1. The molecule has 0 unspecified atom stereocenters. The van der Waals surface area contributed by atoms with Crippen LogP contribution in [0.2, 0.25) is 0 Å². The summed E-state index contributed by atoms with van der Waals surface area (Å²) in [5.41, 5.74) is 0.0930. The van der Waals surface area contributed by atoms with Crippen LogP contribution in [0.4, 0.5) is 0 Å². The number of carbonyl (C=O) groups excluding carboxylic acids is 1. The third-order valence-electron chi connectivity index (χ3n) is 4.05. The molecule has 0 fully saturated rings. The van der Waals surface area contributed by atoms with Crippen LogP contribution in [0.15, 0.2) is 34.7 Å². The minimum Gasteiger partial charge on any atom is -0.482 e. The van der Waals surface area contributed by atoms with Crippen molar-refractivity contribution in [3.05, 3.63) is 47.4 Å². The average molecular weight is 345 g/mol. The van der Waals surface area contributed by atoms with Crippen LogP contribution in [0.3, 0.4) is 0 Å². The first-order valence-electron chi connectivity index (χ1n) is 7.86. The molecule has 1 aromatic carbocycles. The number of nitrogens with zero attached hydrogens (tertiary/aromatic N) is 1. The van der Waals surface area contributed by atoms with Gasteiger partial charge in [-0.25, -0.2) is 4.79 Å². The van der Waals surface area contributed by atoms with Crippen molar-refractivity contribution in [3.8, 4) is 11.5 Å². The second-order valence-corrected chi connectivity index (χ2v) is 5.99. The zero-order chi connectivity index (χ0) is 18.1. The summed E-state index contributed by atoms with van der Waals surface area (Å²) in [6.45, 7) is 3.49. The highest BCUT2D eigenvalue weighted by Crippen LogP contribution is 2.34. The minimum atomic E-state index is -1.06. The first kappa shape index (κ1) is 16.9. The maximum Gasteiger partial charge on any atom is 0.339 e. The van der Waals surface area contributed by atoms with Gasteiger partial charge in [0, 0.05) is 7.05 Å². The second kappa shape index (κ2) is 6.51. The van der Waals surface area contributed by atoms with Gasteiger partial charge in [0.1, 0.15) is 23.2 Å². The van der Waals surface area contributed by atoms with Gasteiger partial charge in [-0.1, -0.05) is 12.1 Å². The number of carboxylic acids is 1. The molecule has 1 aliphatic heterocycles. The van der Waals surface area contributed by atoms with Gasteiger partial charge in [0.05, 0.1) is 6.54 Å². The van der Waals surface area contributed by atoms with Gasteiger partial charge in [0.2, 0.25) is 6.10 Å². The monoisotopic (exact) mass is 345 g/mol. The number of carboxylic acid groups (broad SMARTS) is 1. The summed E-state index contributed by atoms with van der Waals surface area (Å²) in [5.74, 6) is 0.505.